The molecule has 1 heterocycles. The number of hydrogen-bond donors (Lipinski definition) is 0. The summed E-state index contributed by atoms with van der Waals surface area (Å²) in [5, 5.41) is 0. The number of benzene rings is 1. The highest BCUT2D eigenvalue weighted by atomic mass is 35.5. The second-order valence-corrected chi connectivity index (χ2v) is 3.18. The normalized spacial score (nSPS) is 13.9. The van der Waals surface area contributed by atoms with Gasteiger partial charge in [-0.3, -0.25) is 0 Å². The summed E-state index contributed by atoms with van der Waals surface area (Å²) in [6, 6.07) is 10.5. The molecule has 0 fully saturated rings. The molecule has 1 aliphatic rings. The maximum Gasteiger partial charge on any atom is 0.0427 e. The van der Waals surface area contributed by atoms with Gasteiger partial charge in [-0.2, -0.15) is 0 Å². The Balaban J connectivity index is 0.000000980. The second kappa shape index (κ2) is 5.51. The molecule has 0 saturated carbocycles. The van der Waals surface area contributed by atoms with Gasteiger partial charge < -0.3 is 4.90 Å². The van der Waals surface area contributed by atoms with E-state index >= 15 is 0 Å². The van der Waals surface area contributed by atoms with Crippen molar-refractivity contribution in [3.63, 3.8) is 0 Å². The molecule has 1 aromatic carbocycles. The summed E-state index contributed by atoms with van der Waals surface area (Å²) >= 11 is 0. The van der Waals surface area contributed by atoms with Crippen LogP contribution in [0.25, 0.3) is 0 Å². The molecule has 1 aliphatic heterocycles. The number of rotatable bonds is 2. The van der Waals surface area contributed by atoms with E-state index in [-0.39, 0.29) is 12.4 Å². The maximum absolute atomic E-state index is 2.29. The largest absolute Gasteiger partial charge is 0.369 e. The number of allylic oxidation sites excluding steroid dienone is 2. The van der Waals surface area contributed by atoms with Crippen LogP contribution >= 0.6 is 12.4 Å². The number of halogens is 1. The van der Waals surface area contributed by atoms with E-state index in [0.29, 0.717) is 0 Å². The maximum atomic E-state index is 2.29. The molecule has 0 bridgehead atoms. The fourth-order valence-corrected chi connectivity index (χ4v) is 1.44. The Kier molecular flexibility index (Phi) is 4.27. The van der Waals surface area contributed by atoms with Crippen LogP contribution in [0.1, 0.15) is 5.56 Å². The molecule has 0 radical (unpaired) electrons. The Labute approximate surface area is 91.1 Å². The molecule has 0 saturated heterocycles. The van der Waals surface area contributed by atoms with Gasteiger partial charge in [0, 0.05) is 13.1 Å². The molecule has 0 amide bonds. The van der Waals surface area contributed by atoms with Gasteiger partial charge in [0.15, 0.2) is 0 Å². The van der Waals surface area contributed by atoms with Crippen LogP contribution < -0.4 is 0 Å². The fourth-order valence-electron chi connectivity index (χ4n) is 1.44. The van der Waals surface area contributed by atoms with E-state index in [1.165, 1.54) is 5.56 Å². The summed E-state index contributed by atoms with van der Waals surface area (Å²) in [6.45, 7) is 2.02. The molecule has 0 unspecified atom stereocenters. The molecule has 0 aliphatic carbocycles. The zero-order valence-electron chi connectivity index (χ0n) is 7.97. The van der Waals surface area contributed by atoms with Crippen LogP contribution in [0.15, 0.2) is 54.8 Å². The predicted molar refractivity (Wildman–Crippen MR) is 62.4 cm³/mol. The first-order valence-electron chi connectivity index (χ1n) is 4.56. The smallest absolute Gasteiger partial charge is 0.0427 e. The van der Waals surface area contributed by atoms with Crippen molar-refractivity contribution >= 4 is 12.4 Å². The summed E-state index contributed by atoms with van der Waals surface area (Å²) in [5.41, 5.74) is 1.36. The van der Waals surface area contributed by atoms with Crippen molar-refractivity contribution < 1.29 is 0 Å². The highest BCUT2D eigenvalue weighted by molar-refractivity contribution is 5.85. The molecule has 14 heavy (non-hydrogen) atoms. The predicted octanol–water partition coefficient (Wildman–Crippen LogP) is 2.99. The first kappa shape index (κ1) is 10.9. The van der Waals surface area contributed by atoms with Gasteiger partial charge in [-0.1, -0.05) is 42.5 Å². The quantitative estimate of drug-likeness (QED) is 0.721. The minimum Gasteiger partial charge on any atom is -0.369 e. The first-order chi connectivity index (χ1) is 6.45. The Hall–Kier alpha value is -1.21. The van der Waals surface area contributed by atoms with Crippen LogP contribution in [-0.2, 0) is 6.54 Å². The van der Waals surface area contributed by atoms with E-state index in [1.54, 1.807) is 0 Å². The summed E-state index contributed by atoms with van der Waals surface area (Å²) < 4.78 is 0. The molecule has 2 rings (SSSR count). The summed E-state index contributed by atoms with van der Waals surface area (Å²) in [7, 11) is 0. The standard InChI is InChI=1S/C12H13N.ClH/c1-3-7-12(8-4-1)11-13-9-5-2-6-10-13;/h1-9H,10-11H2;1H. The molecule has 74 valence electrons. The second-order valence-electron chi connectivity index (χ2n) is 3.18. The van der Waals surface area contributed by atoms with Crippen LogP contribution in [0.2, 0.25) is 0 Å². The Bertz CT molecular complexity index is 316. The van der Waals surface area contributed by atoms with Crippen LogP contribution in [-0.4, -0.2) is 11.4 Å². The van der Waals surface area contributed by atoms with Crippen LogP contribution in [0.5, 0.6) is 0 Å². The van der Waals surface area contributed by atoms with Crippen molar-refractivity contribution in [3.05, 3.63) is 60.3 Å². The highest BCUT2D eigenvalue weighted by Gasteiger charge is 1.99. The third-order valence-corrected chi connectivity index (χ3v) is 2.11. The van der Waals surface area contributed by atoms with E-state index in [2.05, 4.69) is 59.7 Å². The van der Waals surface area contributed by atoms with Gasteiger partial charge in [0.1, 0.15) is 0 Å². The summed E-state index contributed by atoms with van der Waals surface area (Å²) in [4.78, 5) is 2.29. The number of hydrogen-bond acceptors (Lipinski definition) is 1. The van der Waals surface area contributed by atoms with Crippen molar-refractivity contribution in [2.45, 2.75) is 6.54 Å². The Morgan fingerprint density at radius 3 is 2.50 bits per heavy atom. The third kappa shape index (κ3) is 2.93. The van der Waals surface area contributed by atoms with Gasteiger partial charge in [0.05, 0.1) is 0 Å². The molecule has 0 aromatic heterocycles. The SMILES string of the molecule is C1=CCN(Cc2ccccc2)C=C1.Cl. The minimum atomic E-state index is 0. The zero-order valence-corrected chi connectivity index (χ0v) is 8.78. The van der Waals surface area contributed by atoms with Gasteiger partial charge >= 0.3 is 0 Å². The van der Waals surface area contributed by atoms with Gasteiger partial charge in [-0.15, -0.1) is 12.4 Å². The van der Waals surface area contributed by atoms with Crippen molar-refractivity contribution in [1.29, 1.82) is 0 Å². The van der Waals surface area contributed by atoms with Crippen molar-refractivity contribution in [3.8, 4) is 0 Å². The van der Waals surface area contributed by atoms with Crippen molar-refractivity contribution in [2.75, 3.05) is 6.54 Å². The van der Waals surface area contributed by atoms with E-state index in [0.717, 1.165) is 13.1 Å². The zero-order chi connectivity index (χ0) is 8.93. The lowest BCUT2D eigenvalue weighted by Crippen LogP contribution is -2.17. The molecule has 2 heteroatoms. The average Bonchev–Trinajstić information content (AvgIpc) is 2.21. The third-order valence-electron chi connectivity index (χ3n) is 2.11. The summed E-state index contributed by atoms with van der Waals surface area (Å²) in [5.74, 6) is 0. The molecule has 1 aromatic rings. The molecule has 1 nitrogen and oxygen atoms in total. The van der Waals surface area contributed by atoms with E-state index in [1.807, 2.05) is 0 Å². The van der Waals surface area contributed by atoms with Crippen LogP contribution in [0.3, 0.4) is 0 Å². The van der Waals surface area contributed by atoms with Crippen LogP contribution in [0, 0.1) is 0 Å². The Morgan fingerprint density at radius 2 is 1.86 bits per heavy atom. The lowest BCUT2D eigenvalue weighted by atomic mass is 10.2. The van der Waals surface area contributed by atoms with Gasteiger partial charge in [-0.05, 0) is 17.8 Å². The Morgan fingerprint density at radius 1 is 1.07 bits per heavy atom. The van der Waals surface area contributed by atoms with Gasteiger partial charge in [0.25, 0.3) is 0 Å². The minimum absolute atomic E-state index is 0. The molecule has 0 atom stereocenters. The molecule has 0 spiro atoms. The van der Waals surface area contributed by atoms with E-state index in [4.69, 9.17) is 0 Å². The monoisotopic (exact) mass is 207 g/mol. The highest BCUT2D eigenvalue weighted by Crippen LogP contribution is 2.06. The average molecular weight is 208 g/mol. The van der Waals surface area contributed by atoms with E-state index < -0.39 is 0 Å². The first-order valence-corrected chi connectivity index (χ1v) is 4.56. The molecular formula is C12H14ClN. The van der Waals surface area contributed by atoms with Gasteiger partial charge in [-0.25, -0.2) is 0 Å². The van der Waals surface area contributed by atoms with Gasteiger partial charge in [0.2, 0.25) is 0 Å². The fraction of sp³-hybridized carbons (Fsp3) is 0.167. The molecule has 0 N–H and O–H groups in total. The lowest BCUT2D eigenvalue weighted by molar-refractivity contribution is 0.405. The lowest BCUT2D eigenvalue weighted by Gasteiger charge is -2.20. The van der Waals surface area contributed by atoms with Crippen molar-refractivity contribution in [2.24, 2.45) is 0 Å². The summed E-state index contributed by atoms with van der Waals surface area (Å²) in [6.07, 6.45) is 8.46. The van der Waals surface area contributed by atoms with E-state index in [9.17, 15) is 0 Å². The van der Waals surface area contributed by atoms with Crippen LogP contribution in [0.4, 0.5) is 0 Å². The molecular weight excluding hydrogens is 194 g/mol. The number of nitrogens with zero attached hydrogens (tertiary/aromatic N) is 1. The van der Waals surface area contributed by atoms with Crippen molar-refractivity contribution in [1.82, 2.24) is 4.90 Å². The topological polar surface area (TPSA) is 3.24 Å².